The van der Waals surface area contributed by atoms with Crippen LogP contribution in [0.4, 0.5) is 16.3 Å². The summed E-state index contributed by atoms with van der Waals surface area (Å²) in [4.78, 5) is 94.7. The largest absolute Gasteiger partial charge is 0.493 e. The van der Waals surface area contributed by atoms with Crippen LogP contribution in [0.2, 0.25) is 0 Å². The number of nitrogens with zero attached hydrogens (tertiary/aromatic N) is 4. The molecule has 3 aliphatic rings. The van der Waals surface area contributed by atoms with Gasteiger partial charge in [-0.3, -0.25) is 44.1 Å². The number of H-pyrrole nitrogens is 1. The lowest BCUT2D eigenvalue weighted by Crippen LogP contribution is -2.54. The van der Waals surface area contributed by atoms with E-state index in [-0.39, 0.29) is 54.4 Å². The summed E-state index contributed by atoms with van der Waals surface area (Å²) in [6.45, 7) is 5.16. The van der Waals surface area contributed by atoms with Crippen molar-refractivity contribution in [1.82, 2.24) is 35.5 Å². The van der Waals surface area contributed by atoms with Gasteiger partial charge in [-0.25, -0.2) is 4.79 Å². The number of hydrogen-bond acceptors (Lipinski definition) is 10. The van der Waals surface area contributed by atoms with Gasteiger partial charge in [0.15, 0.2) is 5.82 Å². The van der Waals surface area contributed by atoms with Crippen molar-refractivity contribution in [2.45, 2.75) is 109 Å². The van der Waals surface area contributed by atoms with Crippen molar-refractivity contribution in [2.24, 2.45) is 0 Å². The highest BCUT2D eigenvalue weighted by Crippen LogP contribution is 2.41. The highest BCUT2D eigenvalue weighted by Gasteiger charge is 2.47. The number of amides is 8. The van der Waals surface area contributed by atoms with Crippen molar-refractivity contribution in [3.63, 3.8) is 0 Å². The maximum absolute atomic E-state index is 13.7. The number of unbranched alkanes of at least 4 members (excludes halogenated alkanes) is 7. The molecule has 8 amide bonds. The lowest BCUT2D eigenvalue weighted by Gasteiger charge is -2.34. The average Bonchev–Trinajstić information content (AvgIpc) is 3.90. The number of carbonyl (C=O) groups is 7. The average molecular weight is 902 g/mol. The maximum atomic E-state index is 13.7. The molecule has 348 valence electrons. The Hall–Kier alpha value is -6.88. The Morgan fingerprint density at radius 2 is 1.55 bits per heavy atom. The molecule has 1 fully saturated rings. The number of imide groups is 2. The lowest BCUT2D eigenvalue weighted by molar-refractivity contribution is -0.136. The van der Waals surface area contributed by atoms with Gasteiger partial charge in [0.25, 0.3) is 17.7 Å². The van der Waals surface area contributed by atoms with Gasteiger partial charge in [0.2, 0.25) is 17.7 Å². The van der Waals surface area contributed by atoms with Gasteiger partial charge in [0.1, 0.15) is 11.8 Å². The number of aromatic amines is 1. The van der Waals surface area contributed by atoms with E-state index in [0.717, 1.165) is 73.1 Å². The van der Waals surface area contributed by atoms with Gasteiger partial charge in [-0.1, -0.05) is 74.9 Å². The first-order valence-corrected chi connectivity index (χ1v) is 22.8. The molecule has 1 unspecified atom stereocenters. The summed E-state index contributed by atoms with van der Waals surface area (Å²) in [5.74, 6) is -1.99. The number of anilines is 2. The second-order valence-electron chi connectivity index (χ2n) is 17.9. The molecular formula is C49H59N9O8. The summed E-state index contributed by atoms with van der Waals surface area (Å²) >= 11 is 0. The summed E-state index contributed by atoms with van der Waals surface area (Å²) in [7, 11) is 3.94. The van der Waals surface area contributed by atoms with Gasteiger partial charge in [-0.15, -0.1) is 0 Å². The highest BCUT2D eigenvalue weighted by molar-refractivity contribution is 6.24. The molecule has 1 aromatic heterocycles. The van der Waals surface area contributed by atoms with Crippen LogP contribution in [-0.2, 0) is 26.5 Å². The van der Waals surface area contributed by atoms with E-state index in [2.05, 4.69) is 31.5 Å². The normalized spacial score (nSPS) is 16.8. The number of hydrogen-bond donors (Lipinski definition) is 5. The summed E-state index contributed by atoms with van der Waals surface area (Å²) < 4.78 is 5.93. The van der Waals surface area contributed by atoms with Crippen LogP contribution in [0.15, 0.2) is 72.8 Å². The third-order valence-corrected chi connectivity index (χ3v) is 12.4. The van der Waals surface area contributed by atoms with E-state index in [1.54, 1.807) is 47.4 Å². The van der Waals surface area contributed by atoms with Crippen LogP contribution in [0.3, 0.4) is 0 Å². The molecular weight excluding hydrogens is 843 g/mol. The molecule has 0 bridgehead atoms. The molecule has 17 nitrogen and oxygen atoms in total. The van der Waals surface area contributed by atoms with Crippen molar-refractivity contribution >= 4 is 53.0 Å². The number of likely N-dealkylation sites (N-methyl/N-ethyl adjacent to an activating group) is 1. The Morgan fingerprint density at radius 3 is 2.24 bits per heavy atom. The third kappa shape index (κ3) is 10.8. The van der Waals surface area contributed by atoms with Crippen LogP contribution in [-0.4, -0.2) is 99.7 Å². The number of fused-ring (bicyclic) bond motifs is 2. The second kappa shape index (κ2) is 21.0. The van der Waals surface area contributed by atoms with Crippen LogP contribution in [0, 0.1) is 0 Å². The molecule has 3 aliphatic heterocycles. The first kappa shape index (κ1) is 47.1. The highest BCUT2D eigenvalue weighted by atomic mass is 16.5. The molecule has 2 atom stereocenters. The molecule has 7 rings (SSSR count). The fourth-order valence-corrected chi connectivity index (χ4v) is 8.80. The van der Waals surface area contributed by atoms with Crippen LogP contribution in [0.1, 0.15) is 138 Å². The van der Waals surface area contributed by atoms with E-state index in [1.807, 2.05) is 63.2 Å². The molecule has 0 radical (unpaired) electrons. The lowest BCUT2D eigenvalue weighted by atomic mass is 10.0. The number of carbonyl (C=O) groups excluding carboxylic acids is 7. The minimum absolute atomic E-state index is 0.0584. The van der Waals surface area contributed by atoms with Gasteiger partial charge < -0.3 is 30.5 Å². The molecule has 0 spiro atoms. The van der Waals surface area contributed by atoms with Crippen LogP contribution in [0.25, 0.3) is 0 Å². The first-order chi connectivity index (χ1) is 31.7. The van der Waals surface area contributed by atoms with Crippen LogP contribution >= 0.6 is 0 Å². The monoisotopic (exact) mass is 901 g/mol. The Bertz CT molecular complexity index is 2450. The van der Waals surface area contributed by atoms with Crippen molar-refractivity contribution in [1.29, 1.82) is 0 Å². The summed E-state index contributed by atoms with van der Waals surface area (Å²) in [6.07, 6.45) is 8.05. The number of ether oxygens (including phenoxy) is 1. The molecule has 4 aromatic rings. The second-order valence-corrected chi connectivity index (χ2v) is 17.9. The molecule has 4 heterocycles. The van der Waals surface area contributed by atoms with Gasteiger partial charge in [0, 0.05) is 36.2 Å². The quantitative estimate of drug-likeness (QED) is 0.0470. The number of nitrogens with one attached hydrogen (secondary N) is 5. The Balaban J connectivity index is 0.768. The third-order valence-electron chi connectivity index (χ3n) is 12.4. The molecule has 0 aliphatic carbocycles. The molecule has 5 N–H and O–H groups in total. The summed E-state index contributed by atoms with van der Waals surface area (Å²) in [5, 5.41) is 18.7. The zero-order valence-corrected chi connectivity index (χ0v) is 38.0. The predicted molar refractivity (Wildman–Crippen MR) is 247 cm³/mol. The van der Waals surface area contributed by atoms with Crippen LogP contribution < -0.4 is 26.0 Å². The summed E-state index contributed by atoms with van der Waals surface area (Å²) in [5.41, 5.74) is 3.15. The van der Waals surface area contributed by atoms with E-state index in [0.29, 0.717) is 42.4 Å². The van der Waals surface area contributed by atoms with Crippen LogP contribution in [0.5, 0.6) is 5.75 Å². The number of aromatic nitrogens is 2. The first-order valence-electron chi connectivity index (χ1n) is 22.8. The minimum atomic E-state index is -1.02. The fraction of sp³-hybridized carbons (Fsp3) is 0.429. The molecule has 1 saturated heterocycles. The van der Waals surface area contributed by atoms with Crippen molar-refractivity contribution in [2.75, 3.05) is 37.9 Å². The van der Waals surface area contributed by atoms with Crippen molar-refractivity contribution in [3.05, 3.63) is 106 Å². The van der Waals surface area contributed by atoms with Gasteiger partial charge in [-0.05, 0) is 89.2 Å². The fourth-order valence-electron chi connectivity index (χ4n) is 8.80. The number of urea groups is 1. The summed E-state index contributed by atoms with van der Waals surface area (Å²) in [6, 6.07) is 19.9. The minimum Gasteiger partial charge on any atom is -0.493 e. The van der Waals surface area contributed by atoms with Gasteiger partial charge in [-0.2, -0.15) is 5.10 Å². The number of rotatable bonds is 20. The molecule has 17 heteroatoms. The molecule has 3 aromatic carbocycles. The van der Waals surface area contributed by atoms with Gasteiger partial charge >= 0.3 is 6.03 Å². The number of benzene rings is 3. The number of piperidine rings is 1. The zero-order valence-electron chi connectivity index (χ0n) is 38.0. The SMILES string of the molecule is CN(C)C[C@@H](NC(=O)N1Cc2c(NC(=O)c3ccc(NC(=O)CCCCCCCCCCOc4cccc5c4C(=O)N(C4CCC(=O)NC4=O)C5=O)cc3)n[nH]c2C1(C)C)c1ccccc1. The van der Waals surface area contributed by atoms with E-state index in [4.69, 9.17) is 4.74 Å². The zero-order chi connectivity index (χ0) is 47.0. The standard InChI is InChI=1S/C49H59N9O8/c1-49(2)42-35(29-57(49)48(65)51-36(30-56(3)4)31-17-12-11-13-18-31)43(55-54-42)53-44(61)32-22-24-33(25-23-32)50-39(59)21-14-9-7-5-6-8-10-15-28-66-38-20-16-19-34-41(38)47(64)58(46(34)63)37-26-27-40(60)52-45(37)62/h11-13,16-20,22-25,36-37H,5-10,14-15,21,26-30H2,1-4H3,(H,50,59)(H,51,65)(H,52,60,62)(H2,53,54,55,61)/t36-,37?/m1/s1. The van der Waals surface area contributed by atoms with Crippen molar-refractivity contribution < 1.29 is 38.3 Å². The smallest absolute Gasteiger partial charge is 0.319 e. The van der Waals surface area contributed by atoms with Gasteiger partial charge in [0.05, 0.1) is 41.6 Å². The van der Waals surface area contributed by atoms with E-state index in [9.17, 15) is 33.6 Å². The van der Waals surface area contributed by atoms with E-state index >= 15 is 0 Å². The Kier molecular flexibility index (Phi) is 15.0. The molecule has 0 saturated carbocycles. The predicted octanol–water partition coefficient (Wildman–Crippen LogP) is 6.65. The molecule has 66 heavy (non-hydrogen) atoms. The van der Waals surface area contributed by atoms with E-state index < -0.39 is 35.2 Å². The van der Waals surface area contributed by atoms with E-state index in [1.165, 1.54) is 0 Å². The Labute approximate surface area is 384 Å². The Morgan fingerprint density at radius 1 is 0.848 bits per heavy atom. The maximum Gasteiger partial charge on any atom is 0.319 e. The topological polar surface area (TPSA) is 215 Å². The van der Waals surface area contributed by atoms with Crippen molar-refractivity contribution in [3.8, 4) is 5.75 Å².